The molecule has 2 aromatic carbocycles. The van der Waals surface area contributed by atoms with Crippen molar-refractivity contribution in [2.75, 3.05) is 0 Å². The number of carboxylic acid groups (broad SMARTS) is 1. The zero-order chi connectivity index (χ0) is 13.9. The third kappa shape index (κ3) is 2.07. The summed E-state index contributed by atoms with van der Waals surface area (Å²) in [4.78, 5) is 18.7. The number of hydrogen-bond acceptors (Lipinski definition) is 2. The maximum Gasteiger partial charge on any atom is 0.336 e. The second-order valence-electron chi connectivity index (χ2n) is 4.34. The molecule has 0 spiro atoms. The van der Waals surface area contributed by atoms with E-state index in [1.165, 1.54) is 0 Å². The number of aromatic nitrogens is 2. The summed E-state index contributed by atoms with van der Waals surface area (Å²) in [5.41, 5.74) is 3.31. The molecule has 0 unspecified atom stereocenters. The van der Waals surface area contributed by atoms with Gasteiger partial charge < -0.3 is 10.1 Å². The van der Waals surface area contributed by atoms with E-state index in [-0.39, 0.29) is 5.56 Å². The SMILES string of the molecule is O=C(O)c1ccccc1-c1[nH]cnc1-c1ccccc1. The van der Waals surface area contributed by atoms with E-state index in [1.807, 2.05) is 36.4 Å². The van der Waals surface area contributed by atoms with Crippen LogP contribution in [-0.2, 0) is 0 Å². The van der Waals surface area contributed by atoms with Gasteiger partial charge in [0.1, 0.15) is 0 Å². The lowest BCUT2D eigenvalue weighted by Gasteiger charge is -2.06. The quantitative estimate of drug-likeness (QED) is 0.761. The number of aromatic carboxylic acids is 1. The van der Waals surface area contributed by atoms with E-state index < -0.39 is 5.97 Å². The molecule has 1 heterocycles. The van der Waals surface area contributed by atoms with Crippen LogP contribution >= 0.6 is 0 Å². The number of carboxylic acids is 1. The molecule has 2 N–H and O–H groups in total. The first-order chi connectivity index (χ1) is 9.77. The summed E-state index contributed by atoms with van der Waals surface area (Å²) in [6, 6.07) is 16.6. The average Bonchev–Trinajstić information content (AvgIpc) is 2.97. The third-order valence-electron chi connectivity index (χ3n) is 3.11. The minimum Gasteiger partial charge on any atom is -0.478 e. The fraction of sp³-hybridized carbons (Fsp3) is 0. The highest BCUT2D eigenvalue weighted by molar-refractivity contribution is 5.97. The van der Waals surface area contributed by atoms with E-state index in [4.69, 9.17) is 0 Å². The fourth-order valence-corrected chi connectivity index (χ4v) is 2.20. The number of nitrogens with zero attached hydrogens (tertiary/aromatic N) is 1. The van der Waals surface area contributed by atoms with Crippen LogP contribution in [-0.4, -0.2) is 21.0 Å². The minimum atomic E-state index is -0.950. The van der Waals surface area contributed by atoms with Gasteiger partial charge in [0.2, 0.25) is 0 Å². The molecule has 0 atom stereocenters. The van der Waals surface area contributed by atoms with Crippen LogP contribution in [0.4, 0.5) is 0 Å². The van der Waals surface area contributed by atoms with E-state index >= 15 is 0 Å². The van der Waals surface area contributed by atoms with Crippen LogP contribution in [0.2, 0.25) is 0 Å². The molecule has 0 aliphatic heterocycles. The highest BCUT2D eigenvalue weighted by Crippen LogP contribution is 2.30. The van der Waals surface area contributed by atoms with Gasteiger partial charge in [-0.3, -0.25) is 0 Å². The van der Waals surface area contributed by atoms with Gasteiger partial charge in [-0.15, -0.1) is 0 Å². The molecule has 0 saturated carbocycles. The molecule has 0 radical (unpaired) electrons. The Hall–Kier alpha value is -2.88. The summed E-state index contributed by atoms with van der Waals surface area (Å²) in [6.07, 6.45) is 1.58. The zero-order valence-corrected chi connectivity index (χ0v) is 10.6. The summed E-state index contributed by atoms with van der Waals surface area (Å²) in [6.45, 7) is 0. The van der Waals surface area contributed by atoms with Crippen molar-refractivity contribution in [1.82, 2.24) is 9.97 Å². The van der Waals surface area contributed by atoms with Crippen molar-refractivity contribution in [3.05, 3.63) is 66.5 Å². The second-order valence-corrected chi connectivity index (χ2v) is 4.34. The summed E-state index contributed by atoms with van der Waals surface area (Å²) in [5, 5.41) is 9.29. The molecule has 3 aromatic rings. The van der Waals surface area contributed by atoms with Crippen molar-refractivity contribution < 1.29 is 9.90 Å². The van der Waals surface area contributed by atoms with E-state index in [9.17, 15) is 9.90 Å². The lowest BCUT2D eigenvalue weighted by atomic mass is 10.0. The van der Waals surface area contributed by atoms with E-state index in [1.54, 1.807) is 24.5 Å². The Morgan fingerprint density at radius 1 is 1.00 bits per heavy atom. The summed E-state index contributed by atoms with van der Waals surface area (Å²) in [7, 11) is 0. The van der Waals surface area contributed by atoms with Crippen molar-refractivity contribution in [3.63, 3.8) is 0 Å². The van der Waals surface area contributed by atoms with Crippen LogP contribution in [0.15, 0.2) is 60.9 Å². The van der Waals surface area contributed by atoms with Gasteiger partial charge in [-0.05, 0) is 6.07 Å². The van der Waals surface area contributed by atoms with E-state index in [2.05, 4.69) is 9.97 Å². The Labute approximate surface area is 115 Å². The molecule has 0 amide bonds. The van der Waals surface area contributed by atoms with Crippen molar-refractivity contribution >= 4 is 5.97 Å². The Morgan fingerprint density at radius 2 is 1.70 bits per heavy atom. The Balaban J connectivity index is 2.18. The number of rotatable bonds is 3. The molecule has 0 saturated heterocycles. The van der Waals surface area contributed by atoms with Gasteiger partial charge in [-0.2, -0.15) is 0 Å². The number of nitrogens with one attached hydrogen (secondary N) is 1. The monoisotopic (exact) mass is 264 g/mol. The largest absolute Gasteiger partial charge is 0.478 e. The van der Waals surface area contributed by atoms with Crippen molar-refractivity contribution in [2.45, 2.75) is 0 Å². The molecule has 20 heavy (non-hydrogen) atoms. The predicted molar refractivity (Wildman–Crippen MR) is 76.4 cm³/mol. The smallest absolute Gasteiger partial charge is 0.336 e. The number of H-pyrrole nitrogens is 1. The van der Waals surface area contributed by atoms with Gasteiger partial charge in [0, 0.05) is 11.1 Å². The second kappa shape index (κ2) is 5.01. The molecule has 0 aliphatic carbocycles. The highest BCUT2D eigenvalue weighted by Gasteiger charge is 2.16. The topological polar surface area (TPSA) is 66.0 Å². The first-order valence-electron chi connectivity index (χ1n) is 6.19. The van der Waals surface area contributed by atoms with Crippen molar-refractivity contribution in [3.8, 4) is 22.5 Å². The Kier molecular flexibility index (Phi) is 3.05. The molecule has 1 aromatic heterocycles. The van der Waals surface area contributed by atoms with Crippen LogP contribution < -0.4 is 0 Å². The van der Waals surface area contributed by atoms with E-state index in [0.717, 1.165) is 11.3 Å². The van der Waals surface area contributed by atoms with Crippen molar-refractivity contribution in [1.29, 1.82) is 0 Å². The van der Waals surface area contributed by atoms with Crippen LogP contribution in [0, 0.1) is 0 Å². The predicted octanol–water partition coefficient (Wildman–Crippen LogP) is 3.44. The number of hydrogen-bond donors (Lipinski definition) is 2. The summed E-state index contributed by atoms with van der Waals surface area (Å²) < 4.78 is 0. The number of benzene rings is 2. The van der Waals surface area contributed by atoms with Gasteiger partial charge in [0.15, 0.2) is 0 Å². The molecular weight excluding hydrogens is 252 g/mol. The minimum absolute atomic E-state index is 0.258. The number of aromatic amines is 1. The van der Waals surface area contributed by atoms with Crippen LogP contribution in [0.1, 0.15) is 10.4 Å². The highest BCUT2D eigenvalue weighted by atomic mass is 16.4. The molecular formula is C16H12N2O2. The number of imidazole rings is 1. The molecule has 0 bridgehead atoms. The third-order valence-corrected chi connectivity index (χ3v) is 3.11. The first kappa shape index (κ1) is 12.2. The van der Waals surface area contributed by atoms with Gasteiger partial charge in [-0.25, -0.2) is 9.78 Å². The molecule has 0 aliphatic rings. The summed E-state index contributed by atoms with van der Waals surface area (Å²) >= 11 is 0. The van der Waals surface area contributed by atoms with Crippen LogP contribution in [0.3, 0.4) is 0 Å². The molecule has 98 valence electrons. The Bertz CT molecular complexity index is 748. The standard InChI is InChI=1S/C16H12N2O2/c19-16(20)13-9-5-4-8-12(13)15-14(17-10-18-15)11-6-2-1-3-7-11/h1-10H,(H,17,18)(H,19,20). The lowest BCUT2D eigenvalue weighted by Crippen LogP contribution is -1.99. The molecule has 0 fully saturated rings. The zero-order valence-electron chi connectivity index (χ0n) is 10.6. The van der Waals surface area contributed by atoms with Gasteiger partial charge in [-0.1, -0.05) is 48.5 Å². The maximum absolute atomic E-state index is 11.3. The maximum atomic E-state index is 11.3. The molecule has 4 nitrogen and oxygen atoms in total. The number of carbonyl (C=O) groups is 1. The van der Waals surface area contributed by atoms with Gasteiger partial charge in [0.25, 0.3) is 0 Å². The fourth-order valence-electron chi connectivity index (χ4n) is 2.20. The van der Waals surface area contributed by atoms with Crippen LogP contribution in [0.5, 0.6) is 0 Å². The Morgan fingerprint density at radius 3 is 2.45 bits per heavy atom. The van der Waals surface area contributed by atoms with Crippen molar-refractivity contribution in [2.24, 2.45) is 0 Å². The first-order valence-corrected chi connectivity index (χ1v) is 6.19. The summed E-state index contributed by atoms with van der Waals surface area (Å²) in [5.74, 6) is -0.950. The van der Waals surface area contributed by atoms with Gasteiger partial charge in [0.05, 0.1) is 23.3 Å². The molecule has 4 heteroatoms. The van der Waals surface area contributed by atoms with E-state index in [0.29, 0.717) is 11.3 Å². The van der Waals surface area contributed by atoms with Gasteiger partial charge >= 0.3 is 5.97 Å². The average molecular weight is 264 g/mol. The van der Waals surface area contributed by atoms with Crippen LogP contribution in [0.25, 0.3) is 22.5 Å². The normalized spacial score (nSPS) is 10.4. The lowest BCUT2D eigenvalue weighted by molar-refractivity contribution is 0.0697. The molecule has 3 rings (SSSR count).